The zero-order chi connectivity index (χ0) is 15.9. The van der Waals surface area contributed by atoms with Crippen LogP contribution in [0.2, 0.25) is 0 Å². The molecule has 1 saturated heterocycles. The normalized spacial score (nSPS) is 19.4. The number of carbonyl (C=O) groups is 1. The minimum Gasteiger partial charge on any atom is -0.352 e. The van der Waals surface area contributed by atoms with Crippen LogP contribution in [0.3, 0.4) is 0 Å². The summed E-state index contributed by atoms with van der Waals surface area (Å²) in [6.07, 6.45) is 4.59. The highest BCUT2D eigenvalue weighted by molar-refractivity contribution is 7.98. The van der Waals surface area contributed by atoms with Crippen molar-refractivity contribution in [2.24, 2.45) is 5.73 Å². The number of amides is 1. The van der Waals surface area contributed by atoms with Gasteiger partial charge in [0.05, 0.1) is 11.8 Å². The number of nitrogens with zero attached hydrogens (tertiary/aromatic N) is 1. The van der Waals surface area contributed by atoms with Gasteiger partial charge in [-0.05, 0) is 37.7 Å². The maximum atomic E-state index is 12.0. The molecule has 1 heterocycles. The summed E-state index contributed by atoms with van der Waals surface area (Å²) in [5, 5.41) is 2.94. The fourth-order valence-electron chi connectivity index (χ4n) is 2.35. The van der Waals surface area contributed by atoms with E-state index in [1.54, 1.807) is 11.8 Å². The molecule has 6 nitrogen and oxygen atoms in total. The first-order valence-corrected chi connectivity index (χ1v) is 10.4. The maximum Gasteiger partial charge on any atom is 0.237 e. The van der Waals surface area contributed by atoms with Crippen LogP contribution in [-0.4, -0.2) is 61.6 Å². The van der Waals surface area contributed by atoms with Crippen molar-refractivity contribution in [3.63, 3.8) is 0 Å². The molecule has 0 aromatic rings. The smallest absolute Gasteiger partial charge is 0.237 e. The second kappa shape index (κ2) is 8.97. The molecule has 1 atom stereocenters. The Kier molecular flexibility index (Phi) is 8.00. The van der Waals surface area contributed by atoms with Gasteiger partial charge in [-0.25, -0.2) is 12.7 Å². The van der Waals surface area contributed by atoms with E-state index in [1.807, 2.05) is 13.2 Å². The molecule has 0 aromatic carbocycles. The highest BCUT2D eigenvalue weighted by Crippen LogP contribution is 2.15. The lowest BCUT2D eigenvalue weighted by atomic mass is 10.1. The third-order valence-electron chi connectivity index (χ3n) is 3.63. The average molecular weight is 338 g/mol. The van der Waals surface area contributed by atoms with Crippen LogP contribution < -0.4 is 11.1 Å². The number of nitrogens with one attached hydrogen (secondary N) is 1. The fraction of sp³-hybridized carbons (Fsp3) is 0.923. The average Bonchev–Trinajstić information content (AvgIpc) is 2.45. The van der Waals surface area contributed by atoms with Gasteiger partial charge in [-0.2, -0.15) is 11.8 Å². The minimum absolute atomic E-state index is 0.0332. The predicted molar refractivity (Wildman–Crippen MR) is 87.8 cm³/mol. The van der Waals surface area contributed by atoms with Crippen molar-refractivity contribution in [3.05, 3.63) is 0 Å². The highest BCUT2D eigenvalue weighted by atomic mass is 32.2. The largest absolute Gasteiger partial charge is 0.352 e. The molecule has 3 N–H and O–H groups in total. The van der Waals surface area contributed by atoms with E-state index in [9.17, 15) is 13.2 Å². The van der Waals surface area contributed by atoms with Gasteiger partial charge < -0.3 is 11.1 Å². The van der Waals surface area contributed by atoms with Gasteiger partial charge in [-0.15, -0.1) is 0 Å². The molecule has 0 bridgehead atoms. The molecular weight excluding hydrogens is 310 g/mol. The summed E-state index contributed by atoms with van der Waals surface area (Å²) in [7, 11) is -3.12. The molecule has 8 heteroatoms. The van der Waals surface area contributed by atoms with Gasteiger partial charge in [-0.3, -0.25) is 4.79 Å². The van der Waals surface area contributed by atoms with Crippen molar-refractivity contribution in [1.82, 2.24) is 9.62 Å². The number of piperidine rings is 1. The zero-order valence-electron chi connectivity index (χ0n) is 12.9. The molecule has 1 rings (SSSR count). The van der Waals surface area contributed by atoms with E-state index >= 15 is 0 Å². The Labute approximate surface area is 132 Å². The molecule has 0 spiro atoms. The van der Waals surface area contributed by atoms with Crippen molar-refractivity contribution < 1.29 is 13.2 Å². The summed E-state index contributed by atoms with van der Waals surface area (Å²) < 4.78 is 25.4. The van der Waals surface area contributed by atoms with E-state index in [0.29, 0.717) is 38.8 Å². The first-order valence-electron chi connectivity index (χ1n) is 7.43. The van der Waals surface area contributed by atoms with E-state index in [2.05, 4.69) is 5.32 Å². The second-order valence-electron chi connectivity index (χ2n) is 5.39. The first kappa shape index (κ1) is 18.7. The number of rotatable bonds is 8. The third-order valence-corrected chi connectivity index (χ3v) is 6.35. The van der Waals surface area contributed by atoms with Gasteiger partial charge >= 0.3 is 0 Å². The molecule has 0 aromatic heterocycles. The monoisotopic (exact) mass is 337 g/mol. The maximum absolute atomic E-state index is 12.0. The molecule has 0 saturated carbocycles. The molecule has 0 radical (unpaired) electrons. The summed E-state index contributed by atoms with van der Waals surface area (Å²) in [5.74, 6) is 0.935. The van der Waals surface area contributed by atoms with Gasteiger partial charge in [0.2, 0.25) is 15.9 Å². The molecule has 21 heavy (non-hydrogen) atoms. The lowest BCUT2D eigenvalue weighted by molar-refractivity contribution is -0.123. The van der Waals surface area contributed by atoms with Gasteiger partial charge in [0.25, 0.3) is 0 Å². The van der Waals surface area contributed by atoms with Crippen LogP contribution in [-0.2, 0) is 14.8 Å². The van der Waals surface area contributed by atoms with Gasteiger partial charge in [0.1, 0.15) is 0 Å². The number of hydrogen-bond donors (Lipinski definition) is 2. The Morgan fingerprint density at radius 3 is 2.57 bits per heavy atom. The summed E-state index contributed by atoms with van der Waals surface area (Å²) in [6.45, 7) is 2.82. The first-order chi connectivity index (χ1) is 9.90. The van der Waals surface area contributed by atoms with Crippen molar-refractivity contribution in [3.8, 4) is 0 Å². The topological polar surface area (TPSA) is 92.5 Å². The lowest BCUT2D eigenvalue weighted by Crippen LogP contribution is -2.50. The molecular formula is C13H27N3O3S2. The quantitative estimate of drug-likeness (QED) is 0.668. The summed E-state index contributed by atoms with van der Waals surface area (Å²) >= 11 is 1.67. The van der Waals surface area contributed by atoms with Crippen molar-refractivity contribution in [1.29, 1.82) is 0 Å². The number of carbonyl (C=O) groups excluding carboxylic acids is 1. The van der Waals surface area contributed by atoms with Crippen molar-refractivity contribution in [2.75, 3.05) is 30.9 Å². The van der Waals surface area contributed by atoms with E-state index in [4.69, 9.17) is 5.73 Å². The second-order valence-corrected chi connectivity index (χ2v) is 8.46. The van der Waals surface area contributed by atoms with Gasteiger partial charge in [0, 0.05) is 19.1 Å². The Hall–Kier alpha value is -0.310. The summed E-state index contributed by atoms with van der Waals surface area (Å²) in [5.41, 5.74) is 5.82. The Bertz CT molecular complexity index is 420. The van der Waals surface area contributed by atoms with Crippen LogP contribution in [0.15, 0.2) is 0 Å². The number of thioether (sulfide) groups is 1. The van der Waals surface area contributed by atoms with Gasteiger partial charge in [-0.1, -0.05) is 6.92 Å². The predicted octanol–water partition coefficient (Wildman–Crippen LogP) is 0.387. The van der Waals surface area contributed by atoms with E-state index < -0.39 is 16.1 Å². The third kappa shape index (κ3) is 6.14. The van der Waals surface area contributed by atoms with Gasteiger partial charge in [0.15, 0.2) is 0 Å². The molecule has 1 fully saturated rings. The number of hydrogen-bond acceptors (Lipinski definition) is 5. The number of sulfonamides is 1. The lowest BCUT2D eigenvalue weighted by Gasteiger charge is -2.32. The summed E-state index contributed by atoms with van der Waals surface area (Å²) in [4.78, 5) is 11.9. The van der Waals surface area contributed by atoms with Crippen LogP contribution in [0, 0.1) is 0 Å². The zero-order valence-corrected chi connectivity index (χ0v) is 14.5. The molecule has 1 aliphatic heterocycles. The van der Waals surface area contributed by atoms with Crippen LogP contribution >= 0.6 is 11.8 Å². The van der Waals surface area contributed by atoms with Crippen LogP contribution in [0.25, 0.3) is 0 Å². The van der Waals surface area contributed by atoms with E-state index in [1.165, 1.54) is 4.31 Å². The van der Waals surface area contributed by atoms with Crippen molar-refractivity contribution in [2.45, 2.75) is 44.7 Å². The van der Waals surface area contributed by atoms with Crippen LogP contribution in [0.4, 0.5) is 0 Å². The Balaban J connectivity index is 2.38. The number of nitrogens with two attached hydrogens (primary N) is 1. The molecule has 0 aliphatic carbocycles. The molecule has 1 aliphatic rings. The Morgan fingerprint density at radius 2 is 2.05 bits per heavy atom. The van der Waals surface area contributed by atoms with E-state index in [-0.39, 0.29) is 17.7 Å². The fourth-order valence-corrected chi connectivity index (χ4v) is 4.38. The molecule has 124 valence electrons. The molecule has 1 amide bonds. The van der Waals surface area contributed by atoms with Crippen LogP contribution in [0.1, 0.15) is 32.6 Å². The summed E-state index contributed by atoms with van der Waals surface area (Å²) in [6, 6.07) is -0.440. The standard InChI is InChI=1S/C13H27N3O3S2/c1-3-10-21(18,19)16-7-4-11(5-8-16)15-13(17)12(14)6-9-20-2/h11-12H,3-10,14H2,1-2H3,(H,15,17)/t12-/m0/s1. The Morgan fingerprint density at radius 1 is 1.43 bits per heavy atom. The van der Waals surface area contributed by atoms with Crippen LogP contribution in [0.5, 0.6) is 0 Å². The molecule has 0 unspecified atom stereocenters. The minimum atomic E-state index is -3.12. The van der Waals surface area contributed by atoms with Crippen molar-refractivity contribution >= 4 is 27.7 Å². The van der Waals surface area contributed by atoms with E-state index in [0.717, 1.165) is 5.75 Å². The highest BCUT2D eigenvalue weighted by Gasteiger charge is 2.28. The SMILES string of the molecule is CCCS(=O)(=O)N1CCC(NC(=O)[C@@H](N)CCSC)CC1.